The molecule has 0 saturated carbocycles. The summed E-state index contributed by atoms with van der Waals surface area (Å²) in [5, 5.41) is 4.63. The average molecular weight is 705 g/mol. The molecule has 2 atom stereocenters. The van der Waals surface area contributed by atoms with Gasteiger partial charge in [0.15, 0.2) is 0 Å². The maximum atomic E-state index is 12.4. The topological polar surface area (TPSA) is 184 Å². The molecule has 15 heteroatoms. The number of amides is 2. The highest BCUT2D eigenvalue weighted by molar-refractivity contribution is 7.89. The lowest BCUT2D eigenvalue weighted by Crippen LogP contribution is -2.33. The van der Waals surface area contributed by atoms with Crippen molar-refractivity contribution in [3.63, 3.8) is 0 Å². The van der Waals surface area contributed by atoms with Crippen LogP contribution in [0, 0.1) is 6.92 Å². The van der Waals surface area contributed by atoms with Gasteiger partial charge in [0, 0.05) is 58.9 Å². The number of aryl methyl sites for hydroxylation is 1. The number of primary amides is 2. The molecule has 4 aromatic rings. The number of fused-ring (bicyclic) bond motifs is 2. The van der Waals surface area contributed by atoms with Gasteiger partial charge in [-0.3, -0.25) is 9.59 Å². The first-order chi connectivity index (χ1) is 20.5. The average Bonchev–Trinajstić information content (AvgIpc) is 2.95. The van der Waals surface area contributed by atoms with Crippen LogP contribution in [-0.4, -0.2) is 42.3 Å². The minimum atomic E-state index is -3.76. The van der Waals surface area contributed by atoms with Gasteiger partial charge in [0.25, 0.3) is 0 Å². The van der Waals surface area contributed by atoms with Crippen molar-refractivity contribution in [1.82, 2.24) is 14.7 Å². The number of sulfonamides is 1. The number of carbonyl (C=O) groups excluding carboxylic acids is 2. The number of rotatable bonds is 9. The third kappa shape index (κ3) is 11.6. The fourth-order valence-electron chi connectivity index (χ4n) is 3.73. The van der Waals surface area contributed by atoms with E-state index < -0.39 is 22.0 Å². The SMILES string of the molecule is C[C@@H](N)CCC(N)=O.C[C@H](CCC(N)=O)NS(=O)(=O)c1ccc2c(Cl)cnc(Cl)c2c1.Cc1ccc2c(Cl)cnc(Cl)c2c1. The van der Waals surface area contributed by atoms with Crippen LogP contribution in [0.3, 0.4) is 0 Å². The summed E-state index contributed by atoms with van der Waals surface area (Å²) in [7, 11) is -3.76. The number of halogens is 4. The second-order valence-electron chi connectivity index (χ2n) is 10.1. The highest BCUT2D eigenvalue weighted by Gasteiger charge is 2.19. The van der Waals surface area contributed by atoms with Crippen molar-refractivity contribution in [2.24, 2.45) is 17.2 Å². The van der Waals surface area contributed by atoms with E-state index in [1.807, 2.05) is 32.0 Å². The molecule has 2 amide bonds. The van der Waals surface area contributed by atoms with E-state index in [2.05, 4.69) is 14.7 Å². The summed E-state index contributed by atoms with van der Waals surface area (Å²) in [4.78, 5) is 28.8. The second-order valence-corrected chi connectivity index (χ2v) is 13.3. The zero-order valence-corrected chi connectivity index (χ0v) is 28.1. The zero-order valence-electron chi connectivity index (χ0n) is 24.3. The van der Waals surface area contributed by atoms with Gasteiger partial charge in [-0.1, -0.05) is 70.2 Å². The van der Waals surface area contributed by atoms with E-state index in [4.69, 9.17) is 63.6 Å². The predicted octanol–water partition coefficient (Wildman–Crippen LogP) is 5.92. The highest BCUT2D eigenvalue weighted by atomic mass is 35.5. The van der Waals surface area contributed by atoms with Gasteiger partial charge in [-0.05, 0) is 51.8 Å². The Balaban J connectivity index is 0.000000268. The smallest absolute Gasteiger partial charge is 0.240 e. The molecule has 7 N–H and O–H groups in total. The van der Waals surface area contributed by atoms with Gasteiger partial charge >= 0.3 is 0 Å². The van der Waals surface area contributed by atoms with E-state index in [9.17, 15) is 18.0 Å². The van der Waals surface area contributed by atoms with E-state index in [1.165, 1.54) is 18.3 Å². The number of carbonyl (C=O) groups is 2. The van der Waals surface area contributed by atoms with Crippen LogP contribution >= 0.6 is 46.4 Å². The van der Waals surface area contributed by atoms with Crippen molar-refractivity contribution in [3.05, 3.63) is 74.7 Å². The lowest BCUT2D eigenvalue weighted by molar-refractivity contribution is -0.119. The molecule has 4 rings (SSSR count). The zero-order chi connectivity index (χ0) is 33.2. The number of nitrogens with one attached hydrogen (secondary N) is 1. The van der Waals surface area contributed by atoms with Crippen LogP contribution in [0.25, 0.3) is 21.5 Å². The van der Waals surface area contributed by atoms with Crippen LogP contribution in [0.5, 0.6) is 0 Å². The first kappa shape index (κ1) is 37.4. The summed E-state index contributed by atoms with van der Waals surface area (Å²) >= 11 is 23.9. The Kier molecular flexibility index (Phi) is 14.5. The first-order valence-corrected chi connectivity index (χ1v) is 16.3. The van der Waals surface area contributed by atoms with Crippen LogP contribution in [0.15, 0.2) is 53.7 Å². The lowest BCUT2D eigenvalue weighted by atomic mass is 10.1. The Labute approximate surface area is 276 Å². The van der Waals surface area contributed by atoms with E-state index in [1.54, 1.807) is 19.2 Å². The maximum absolute atomic E-state index is 12.4. The number of benzene rings is 2. The molecule has 2 heterocycles. The molecular weight excluding hydrogens is 670 g/mol. The van der Waals surface area contributed by atoms with Gasteiger partial charge in [-0.2, -0.15) is 0 Å². The van der Waals surface area contributed by atoms with Crippen LogP contribution in [0.4, 0.5) is 0 Å². The first-order valence-electron chi connectivity index (χ1n) is 13.3. The minimum Gasteiger partial charge on any atom is -0.370 e. The van der Waals surface area contributed by atoms with Crippen LogP contribution in [-0.2, 0) is 19.6 Å². The number of nitrogens with zero attached hydrogens (tertiary/aromatic N) is 2. The van der Waals surface area contributed by atoms with Crippen molar-refractivity contribution >= 4 is 89.8 Å². The van der Waals surface area contributed by atoms with Crippen molar-refractivity contribution in [2.45, 2.75) is 63.4 Å². The highest BCUT2D eigenvalue weighted by Crippen LogP contribution is 2.30. The molecular formula is C29H34Cl4N6O4S. The summed E-state index contributed by atoms with van der Waals surface area (Å²) in [5.74, 6) is -0.753. The number of aromatic nitrogens is 2. The quantitative estimate of drug-likeness (QED) is 0.156. The third-order valence-corrected chi connectivity index (χ3v) is 8.84. The van der Waals surface area contributed by atoms with E-state index in [0.29, 0.717) is 45.2 Å². The monoisotopic (exact) mass is 702 g/mol. The molecule has 44 heavy (non-hydrogen) atoms. The van der Waals surface area contributed by atoms with Crippen molar-refractivity contribution in [2.75, 3.05) is 0 Å². The molecule has 0 spiro atoms. The van der Waals surface area contributed by atoms with Crippen molar-refractivity contribution in [1.29, 1.82) is 0 Å². The second kappa shape index (κ2) is 17.1. The summed E-state index contributed by atoms with van der Waals surface area (Å²) in [6.07, 6.45) is 4.49. The summed E-state index contributed by atoms with van der Waals surface area (Å²) in [6.45, 7) is 5.52. The largest absolute Gasteiger partial charge is 0.370 e. The summed E-state index contributed by atoms with van der Waals surface area (Å²) in [6, 6.07) is 10.0. The van der Waals surface area contributed by atoms with Gasteiger partial charge in [0.05, 0.1) is 14.9 Å². The van der Waals surface area contributed by atoms with Gasteiger partial charge in [0.2, 0.25) is 21.8 Å². The fourth-order valence-corrected chi connectivity index (χ4v) is 5.87. The molecule has 238 valence electrons. The number of hydrogen-bond donors (Lipinski definition) is 4. The molecule has 0 unspecified atom stereocenters. The van der Waals surface area contributed by atoms with Gasteiger partial charge in [-0.25, -0.2) is 23.1 Å². The maximum Gasteiger partial charge on any atom is 0.240 e. The molecule has 0 aliphatic carbocycles. The fraction of sp³-hybridized carbons (Fsp3) is 0.310. The normalized spacial score (nSPS) is 12.5. The Bertz CT molecular complexity index is 1740. The Morgan fingerprint density at radius 2 is 1.27 bits per heavy atom. The van der Waals surface area contributed by atoms with E-state index in [-0.39, 0.29) is 28.4 Å². The Morgan fingerprint density at radius 1 is 0.795 bits per heavy atom. The van der Waals surface area contributed by atoms with E-state index in [0.717, 1.165) is 16.3 Å². The molecule has 10 nitrogen and oxygen atoms in total. The van der Waals surface area contributed by atoms with Crippen LogP contribution < -0.4 is 21.9 Å². The Hall–Kier alpha value is -2.77. The van der Waals surface area contributed by atoms with Gasteiger partial charge in [0.1, 0.15) is 10.3 Å². The molecule has 2 aromatic heterocycles. The number of nitrogens with two attached hydrogens (primary N) is 3. The van der Waals surface area contributed by atoms with Crippen LogP contribution in [0.1, 0.15) is 45.1 Å². The third-order valence-electron chi connectivity index (χ3n) is 6.04. The van der Waals surface area contributed by atoms with Crippen molar-refractivity contribution in [3.8, 4) is 0 Å². The predicted molar refractivity (Wildman–Crippen MR) is 179 cm³/mol. The number of hydrogen-bond acceptors (Lipinski definition) is 7. The Morgan fingerprint density at radius 3 is 1.75 bits per heavy atom. The molecule has 0 bridgehead atoms. The lowest BCUT2D eigenvalue weighted by Gasteiger charge is -2.14. The van der Waals surface area contributed by atoms with Gasteiger partial charge < -0.3 is 17.2 Å². The molecule has 0 aliphatic rings. The summed E-state index contributed by atoms with van der Waals surface area (Å²) in [5.41, 5.74) is 16.4. The minimum absolute atomic E-state index is 0.0434. The van der Waals surface area contributed by atoms with Gasteiger partial charge in [-0.15, -0.1) is 0 Å². The number of pyridine rings is 2. The van der Waals surface area contributed by atoms with E-state index >= 15 is 0 Å². The molecule has 0 fully saturated rings. The molecule has 0 aliphatic heterocycles. The van der Waals surface area contributed by atoms with Crippen LogP contribution in [0.2, 0.25) is 20.4 Å². The standard InChI is InChI=1S/C14H15Cl2N3O3S.C10H7Cl2N.C5H12N2O/c1-8(2-5-13(17)20)19-23(21,22)9-3-4-10-11(6-9)14(16)18-7-12(10)15;1-6-2-3-7-8(4-6)10(12)13-5-9(7)11;1-4(6)2-3-5(7)8/h3-4,6-8,19H,2,5H2,1H3,(H2,17,20);2-5H,1H3;4H,2-3,6H2,1H3,(H2,7,8)/t8-;;4-/m1.1/s1. The van der Waals surface area contributed by atoms with Crippen molar-refractivity contribution < 1.29 is 18.0 Å². The molecule has 2 aromatic carbocycles. The molecule has 0 radical (unpaired) electrons. The molecule has 0 saturated heterocycles. The summed E-state index contributed by atoms with van der Waals surface area (Å²) < 4.78 is 27.3.